The minimum atomic E-state index is -0.559. The second-order valence-electron chi connectivity index (χ2n) is 6.15. The zero-order valence-corrected chi connectivity index (χ0v) is 14.5. The molecule has 8 heteroatoms. The van der Waals surface area contributed by atoms with Crippen LogP contribution in [0.5, 0.6) is 0 Å². The highest BCUT2D eigenvalue weighted by Gasteiger charge is 2.12. The van der Waals surface area contributed by atoms with E-state index in [1.165, 1.54) is 6.20 Å². The van der Waals surface area contributed by atoms with Gasteiger partial charge in [-0.05, 0) is 30.7 Å². The highest BCUT2D eigenvalue weighted by molar-refractivity contribution is 5.70. The lowest BCUT2D eigenvalue weighted by Crippen LogP contribution is -2.22. The molecule has 4 rings (SSSR count). The second-order valence-corrected chi connectivity index (χ2v) is 6.15. The lowest BCUT2D eigenvalue weighted by atomic mass is 10.1. The van der Waals surface area contributed by atoms with Gasteiger partial charge in [-0.15, -0.1) is 5.10 Å². The SMILES string of the molecule is Cc1nnc(-c2c[nH]c(=O)[nH]c2=O)cc1-c1ccn(Cc2cccnc2)c1. The summed E-state index contributed by atoms with van der Waals surface area (Å²) in [7, 11) is 0. The molecule has 4 aromatic rings. The van der Waals surface area contributed by atoms with E-state index in [0.717, 1.165) is 22.4 Å². The third kappa shape index (κ3) is 3.45. The molecule has 0 radical (unpaired) electrons. The van der Waals surface area contributed by atoms with Gasteiger partial charge in [0.1, 0.15) is 5.69 Å². The fourth-order valence-corrected chi connectivity index (χ4v) is 2.88. The lowest BCUT2D eigenvalue weighted by molar-refractivity contribution is 0.802. The monoisotopic (exact) mass is 360 g/mol. The van der Waals surface area contributed by atoms with Crippen molar-refractivity contribution in [1.82, 2.24) is 29.7 Å². The first-order valence-electron chi connectivity index (χ1n) is 8.32. The van der Waals surface area contributed by atoms with E-state index in [0.29, 0.717) is 12.2 Å². The topological polar surface area (TPSA) is 109 Å². The summed E-state index contributed by atoms with van der Waals surface area (Å²) < 4.78 is 2.05. The van der Waals surface area contributed by atoms with Crippen LogP contribution >= 0.6 is 0 Å². The number of aryl methyl sites for hydroxylation is 1. The van der Waals surface area contributed by atoms with Crippen LogP contribution in [-0.4, -0.2) is 29.7 Å². The number of nitrogens with one attached hydrogen (secondary N) is 2. The Kier molecular flexibility index (Phi) is 4.21. The van der Waals surface area contributed by atoms with Gasteiger partial charge in [-0.1, -0.05) is 6.07 Å². The summed E-state index contributed by atoms with van der Waals surface area (Å²) in [4.78, 5) is 32.0. The van der Waals surface area contributed by atoms with Crippen molar-refractivity contribution in [2.24, 2.45) is 0 Å². The number of hydrogen-bond donors (Lipinski definition) is 2. The standard InChI is InChI=1S/C19H16N6O2/c1-12-15(7-17(24-23-12)16-9-21-19(27)22-18(16)26)14-4-6-25(11-14)10-13-3-2-5-20-8-13/h2-9,11H,10H2,1H3,(H2,21,22,26,27). The molecule has 27 heavy (non-hydrogen) atoms. The van der Waals surface area contributed by atoms with Gasteiger partial charge in [-0.3, -0.25) is 14.8 Å². The van der Waals surface area contributed by atoms with Crippen LogP contribution in [0.25, 0.3) is 22.4 Å². The normalized spacial score (nSPS) is 10.9. The lowest BCUT2D eigenvalue weighted by Gasteiger charge is -2.06. The number of rotatable bonds is 4. The molecular weight excluding hydrogens is 344 g/mol. The molecular formula is C19H16N6O2. The van der Waals surface area contributed by atoms with Gasteiger partial charge >= 0.3 is 5.69 Å². The summed E-state index contributed by atoms with van der Waals surface area (Å²) in [6, 6.07) is 7.72. The van der Waals surface area contributed by atoms with Crippen LogP contribution in [0.1, 0.15) is 11.3 Å². The summed E-state index contributed by atoms with van der Waals surface area (Å²) >= 11 is 0. The Labute approximate surface area is 153 Å². The molecule has 0 bridgehead atoms. The zero-order valence-electron chi connectivity index (χ0n) is 14.5. The first-order chi connectivity index (χ1) is 13.1. The van der Waals surface area contributed by atoms with Crippen LogP contribution < -0.4 is 11.2 Å². The van der Waals surface area contributed by atoms with E-state index in [4.69, 9.17) is 0 Å². The highest BCUT2D eigenvalue weighted by atomic mass is 16.2. The Hall–Kier alpha value is -3.81. The number of H-pyrrole nitrogens is 2. The van der Waals surface area contributed by atoms with Gasteiger partial charge in [0.2, 0.25) is 0 Å². The molecule has 4 heterocycles. The van der Waals surface area contributed by atoms with Gasteiger partial charge < -0.3 is 9.55 Å². The molecule has 0 fully saturated rings. The van der Waals surface area contributed by atoms with Crippen LogP contribution in [0.4, 0.5) is 0 Å². The Bertz CT molecular complexity index is 1210. The average molecular weight is 360 g/mol. The van der Waals surface area contributed by atoms with Crippen LogP contribution in [0, 0.1) is 6.92 Å². The minimum Gasteiger partial charge on any atom is -0.349 e. The molecule has 0 saturated heterocycles. The Morgan fingerprint density at radius 3 is 2.81 bits per heavy atom. The van der Waals surface area contributed by atoms with Gasteiger partial charge in [0.25, 0.3) is 5.56 Å². The maximum absolute atomic E-state index is 12.0. The first kappa shape index (κ1) is 16.6. The summed E-state index contributed by atoms with van der Waals surface area (Å²) in [5.41, 5.74) is 3.28. The van der Waals surface area contributed by atoms with Crippen molar-refractivity contribution < 1.29 is 0 Å². The van der Waals surface area contributed by atoms with Gasteiger partial charge in [0, 0.05) is 48.7 Å². The number of pyridine rings is 1. The largest absolute Gasteiger partial charge is 0.349 e. The quantitative estimate of drug-likeness (QED) is 0.576. The predicted octanol–water partition coefficient (Wildman–Crippen LogP) is 1.74. The van der Waals surface area contributed by atoms with Crippen LogP contribution in [0.2, 0.25) is 0 Å². The Morgan fingerprint density at radius 1 is 1.15 bits per heavy atom. The van der Waals surface area contributed by atoms with Crippen molar-refractivity contribution in [1.29, 1.82) is 0 Å². The number of aromatic amines is 2. The van der Waals surface area contributed by atoms with E-state index in [1.54, 1.807) is 12.3 Å². The van der Waals surface area contributed by atoms with Gasteiger partial charge in [0.15, 0.2) is 0 Å². The molecule has 0 aliphatic rings. The van der Waals surface area contributed by atoms with E-state index >= 15 is 0 Å². The molecule has 134 valence electrons. The molecule has 2 N–H and O–H groups in total. The molecule has 8 nitrogen and oxygen atoms in total. The van der Waals surface area contributed by atoms with Crippen LogP contribution in [0.15, 0.2) is 64.8 Å². The van der Waals surface area contributed by atoms with Crippen molar-refractivity contribution in [3.8, 4) is 22.4 Å². The van der Waals surface area contributed by atoms with Crippen LogP contribution in [0.3, 0.4) is 0 Å². The van der Waals surface area contributed by atoms with E-state index in [-0.39, 0.29) is 5.56 Å². The Balaban J connectivity index is 1.70. The van der Waals surface area contributed by atoms with Crippen molar-refractivity contribution in [3.63, 3.8) is 0 Å². The van der Waals surface area contributed by atoms with E-state index in [2.05, 4.69) is 29.7 Å². The predicted molar refractivity (Wildman–Crippen MR) is 100 cm³/mol. The molecule has 0 saturated carbocycles. The molecule has 0 aliphatic carbocycles. The maximum atomic E-state index is 12.0. The number of hydrogen-bond acceptors (Lipinski definition) is 5. The van der Waals surface area contributed by atoms with Gasteiger partial charge in [-0.25, -0.2) is 4.79 Å². The molecule has 4 aromatic heterocycles. The smallest absolute Gasteiger partial charge is 0.325 e. The maximum Gasteiger partial charge on any atom is 0.325 e. The second kappa shape index (κ2) is 6.83. The first-order valence-corrected chi connectivity index (χ1v) is 8.32. The Morgan fingerprint density at radius 2 is 2.04 bits per heavy atom. The summed E-state index contributed by atoms with van der Waals surface area (Å²) in [5, 5.41) is 8.27. The molecule has 0 atom stereocenters. The molecule has 0 aliphatic heterocycles. The van der Waals surface area contributed by atoms with Crippen molar-refractivity contribution >= 4 is 0 Å². The summed E-state index contributed by atoms with van der Waals surface area (Å²) in [6.07, 6.45) is 8.92. The minimum absolute atomic E-state index is 0.262. The van der Waals surface area contributed by atoms with Crippen molar-refractivity contribution in [3.05, 3.63) is 87.3 Å². The third-order valence-corrected chi connectivity index (χ3v) is 4.22. The van der Waals surface area contributed by atoms with Gasteiger partial charge in [-0.2, -0.15) is 5.10 Å². The molecule has 0 amide bonds. The molecule has 0 unspecified atom stereocenters. The van der Waals surface area contributed by atoms with Crippen molar-refractivity contribution in [2.45, 2.75) is 13.5 Å². The zero-order chi connectivity index (χ0) is 18.8. The summed E-state index contributed by atoms with van der Waals surface area (Å²) in [5.74, 6) is 0. The van der Waals surface area contributed by atoms with Crippen molar-refractivity contribution in [2.75, 3.05) is 0 Å². The summed E-state index contributed by atoms with van der Waals surface area (Å²) in [6.45, 7) is 2.57. The van der Waals surface area contributed by atoms with Crippen LogP contribution in [-0.2, 0) is 6.54 Å². The van der Waals surface area contributed by atoms with E-state index in [9.17, 15) is 9.59 Å². The fraction of sp³-hybridized carbons (Fsp3) is 0.105. The van der Waals surface area contributed by atoms with E-state index < -0.39 is 11.2 Å². The average Bonchev–Trinajstić information content (AvgIpc) is 3.11. The highest BCUT2D eigenvalue weighted by Crippen LogP contribution is 2.25. The fourth-order valence-electron chi connectivity index (χ4n) is 2.88. The number of nitrogens with zero attached hydrogens (tertiary/aromatic N) is 4. The number of aromatic nitrogens is 6. The van der Waals surface area contributed by atoms with Gasteiger partial charge in [0.05, 0.1) is 11.3 Å². The van der Waals surface area contributed by atoms with E-state index in [1.807, 2.05) is 43.7 Å². The molecule has 0 aromatic carbocycles. The molecule has 0 spiro atoms. The third-order valence-electron chi connectivity index (χ3n) is 4.22.